The molecule has 0 aliphatic carbocycles. The molecule has 1 atom stereocenters. The van der Waals surface area contributed by atoms with Gasteiger partial charge in [0.1, 0.15) is 11.5 Å². The van der Waals surface area contributed by atoms with Gasteiger partial charge in [-0.05, 0) is 42.3 Å². The van der Waals surface area contributed by atoms with Crippen LogP contribution in [0.2, 0.25) is 5.02 Å². The van der Waals surface area contributed by atoms with Gasteiger partial charge in [0.15, 0.2) is 0 Å². The van der Waals surface area contributed by atoms with Crippen molar-refractivity contribution in [2.45, 2.75) is 12.5 Å². The molecule has 2 rings (SSSR count). The highest BCUT2D eigenvalue weighted by molar-refractivity contribution is 6.32. The topological polar surface area (TPSA) is 44.5 Å². The second kappa shape index (κ2) is 5.73. The van der Waals surface area contributed by atoms with Gasteiger partial charge in [-0.15, -0.1) is 0 Å². The Labute approximate surface area is 124 Å². The first-order valence-electron chi connectivity index (χ1n) is 6.26. The second-order valence-electron chi connectivity index (χ2n) is 4.78. The van der Waals surface area contributed by atoms with E-state index < -0.39 is 5.54 Å². The number of benzene rings is 2. The number of nitrogens with two attached hydrogens (primary N) is 1. The minimum absolute atomic E-state index is 0.567. The fraction of sp³-hybridized carbons (Fsp3) is 0.250. The molecule has 2 N–H and O–H groups in total. The van der Waals surface area contributed by atoms with Gasteiger partial charge in [0.05, 0.1) is 24.8 Å². The van der Waals surface area contributed by atoms with Crippen LogP contribution in [0.1, 0.15) is 18.1 Å². The van der Waals surface area contributed by atoms with Gasteiger partial charge in [0.25, 0.3) is 0 Å². The molecule has 0 spiro atoms. The van der Waals surface area contributed by atoms with E-state index in [1.165, 1.54) is 0 Å². The van der Waals surface area contributed by atoms with Gasteiger partial charge in [-0.1, -0.05) is 29.8 Å². The molecule has 0 aliphatic heterocycles. The first kappa shape index (κ1) is 14.7. The number of halogens is 1. The summed E-state index contributed by atoms with van der Waals surface area (Å²) in [6.45, 7) is 1.95. The minimum atomic E-state index is -0.660. The van der Waals surface area contributed by atoms with E-state index >= 15 is 0 Å². The van der Waals surface area contributed by atoms with Crippen molar-refractivity contribution in [3.63, 3.8) is 0 Å². The Morgan fingerprint density at radius 2 is 1.70 bits per heavy atom. The molecule has 0 saturated carbocycles. The molecule has 0 heterocycles. The van der Waals surface area contributed by atoms with Crippen LogP contribution < -0.4 is 15.2 Å². The van der Waals surface area contributed by atoms with Crippen LogP contribution in [0.3, 0.4) is 0 Å². The predicted octanol–water partition coefficient (Wildman–Crippen LogP) is 3.58. The van der Waals surface area contributed by atoms with Crippen LogP contribution in [0.25, 0.3) is 0 Å². The van der Waals surface area contributed by atoms with Crippen molar-refractivity contribution in [3.05, 3.63) is 58.6 Å². The van der Waals surface area contributed by atoms with Crippen molar-refractivity contribution >= 4 is 11.6 Å². The Kier molecular flexibility index (Phi) is 4.21. The standard InChI is InChI=1S/C16H18ClNO2/c1-16(18,11-5-4-6-13(9-11)19-2)12-7-8-14(17)15(10-12)20-3/h4-10H,18H2,1-3H3. The van der Waals surface area contributed by atoms with Crippen LogP contribution in [0, 0.1) is 0 Å². The Hall–Kier alpha value is -1.71. The number of rotatable bonds is 4. The van der Waals surface area contributed by atoms with Crippen LogP contribution in [-0.2, 0) is 5.54 Å². The van der Waals surface area contributed by atoms with Crippen LogP contribution >= 0.6 is 11.6 Å². The fourth-order valence-corrected chi connectivity index (χ4v) is 2.29. The lowest BCUT2D eigenvalue weighted by atomic mass is 9.85. The third kappa shape index (κ3) is 2.74. The van der Waals surface area contributed by atoms with Crippen molar-refractivity contribution in [1.82, 2.24) is 0 Å². The normalized spacial score (nSPS) is 13.7. The average molecular weight is 292 g/mol. The predicted molar refractivity (Wildman–Crippen MR) is 81.6 cm³/mol. The molecule has 4 heteroatoms. The van der Waals surface area contributed by atoms with Gasteiger partial charge in [0, 0.05) is 0 Å². The highest BCUT2D eigenvalue weighted by Gasteiger charge is 2.25. The first-order chi connectivity index (χ1) is 9.48. The Morgan fingerprint density at radius 3 is 2.35 bits per heavy atom. The van der Waals surface area contributed by atoms with Crippen molar-refractivity contribution in [2.24, 2.45) is 5.73 Å². The summed E-state index contributed by atoms with van der Waals surface area (Å²) in [6.07, 6.45) is 0. The minimum Gasteiger partial charge on any atom is -0.497 e. The lowest BCUT2D eigenvalue weighted by molar-refractivity contribution is 0.411. The quantitative estimate of drug-likeness (QED) is 0.936. The summed E-state index contributed by atoms with van der Waals surface area (Å²) >= 11 is 6.05. The Morgan fingerprint density at radius 1 is 1.00 bits per heavy atom. The summed E-state index contributed by atoms with van der Waals surface area (Å²) in [7, 11) is 3.22. The Bertz CT molecular complexity index is 611. The molecular weight excluding hydrogens is 274 g/mol. The summed E-state index contributed by atoms with van der Waals surface area (Å²) in [6, 6.07) is 13.3. The van der Waals surface area contributed by atoms with Gasteiger partial charge in [-0.3, -0.25) is 0 Å². The van der Waals surface area contributed by atoms with Crippen LogP contribution in [0.5, 0.6) is 11.5 Å². The average Bonchev–Trinajstić information content (AvgIpc) is 2.47. The van der Waals surface area contributed by atoms with Crippen LogP contribution in [-0.4, -0.2) is 14.2 Å². The van der Waals surface area contributed by atoms with Gasteiger partial charge >= 0.3 is 0 Å². The molecule has 0 bridgehead atoms. The fourth-order valence-electron chi connectivity index (χ4n) is 2.10. The van der Waals surface area contributed by atoms with Gasteiger partial charge in [-0.25, -0.2) is 0 Å². The monoisotopic (exact) mass is 291 g/mol. The maximum atomic E-state index is 6.50. The lowest BCUT2D eigenvalue weighted by Gasteiger charge is -2.27. The molecule has 0 aromatic heterocycles. The van der Waals surface area contributed by atoms with E-state index in [0.717, 1.165) is 16.9 Å². The zero-order valence-electron chi connectivity index (χ0n) is 11.8. The van der Waals surface area contributed by atoms with Gasteiger partial charge in [0.2, 0.25) is 0 Å². The van der Waals surface area contributed by atoms with Crippen molar-refractivity contribution in [3.8, 4) is 11.5 Å². The van der Waals surface area contributed by atoms with Crippen molar-refractivity contribution in [2.75, 3.05) is 14.2 Å². The molecule has 1 unspecified atom stereocenters. The molecule has 3 nitrogen and oxygen atoms in total. The van der Waals surface area contributed by atoms with E-state index in [0.29, 0.717) is 10.8 Å². The molecule has 0 radical (unpaired) electrons. The van der Waals surface area contributed by atoms with E-state index in [1.807, 2.05) is 43.3 Å². The van der Waals surface area contributed by atoms with E-state index in [-0.39, 0.29) is 0 Å². The highest BCUT2D eigenvalue weighted by atomic mass is 35.5. The molecule has 2 aromatic carbocycles. The number of ether oxygens (including phenoxy) is 2. The SMILES string of the molecule is COc1cccc(C(C)(N)c2ccc(Cl)c(OC)c2)c1. The molecule has 2 aromatic rings. The van der Waals surface area contributed by atoms with Crippen LogP contribution in [0.4, 0.5) is 0 Å². The third-order valence-corrected chi connectivity index (χ3v) is 3.73. The summed E-state index contributed by atoms with van der Waals surface area (Å²) < 4.78 is 10.5. The number of hydrogen-bond donors (Lipinski definition) is 1. The first-order valence-corrected chi connectivity index (χ1v) is 6.64. The lowest BCUT2D eigenvalue weighted by Crippen LogP contribution is -2.34. The molecule has 0 saturated heterocycles. The van der Waals surface area contributed by atoms with E-state index in [1.54, 1.807) is 20.3 Å². The second-order valence-corrected chi connectivity index (χ2v) is 5.19. The number of hydrogen-bond acceptors (Lipinski definition) is 3. The smallest absolute Gasteiger partial charge is 0.137 e. The van der Waals surface area contributed by atoms with Crippen LogP contribution in [0.15, 0.2) is 42.5 Å². The summed E-state index contributed by atoms with van der Waals surface area (Å²) in [5.41, 5.74) is 7.72. The molecule has 0 amide bonds. The zero-order valence-corrected chi connectivity index (χ0v) is 12.6. The molecule has 0 aliphatic rings. The third-order valence-electron chi connectivity index (χ3n) is 3.42. The maximum Gasteiger partial charge on any atom is 0.137 e. The number of methoxy groups -OCH3 is 2. The van der Waals surface area contributed by atoms with E-state index in [4.69, 9.17) is 26.8 Å². The van der Waals surface area contributed by atoms with E-state index in [9.17, 15) is 0 Å². The molecule has 0 fully saturated rings. The van der Waals surface area contributed by atoms with Crippen molar-refractivity contribution < 1.29 is 9.47 Å². The van der Waals surface area contributed by atoms with Gasteiger partial charge < -0.3 is 15.2 Å². The summed E-state index contributed by atoms with van der Waals surface area (Å²) in [5.74, 6) is 1.39. The molecular formula is C16H18ClNO2. The zero-order chi connectivity index (χ0) is 14.8. The largest absolute Gasteiger partial charge is 0.497 e. The Balaban J connectivity index is 2.48. The van der Waals surface area contributed by atoms with E-state index in [2.05, 4.69) is 0 Å². The summed E-state index contributed by atoms with van der Waals surface area (Å²) in [4.78, 5) is 0. The van der Waals surface area contributed by atoms with Gasteiger partial charge in [-0.2, -0.15) is 0 Å². The van der Waals surface area contributed by atoms with Crippen molar-refractivity contribution in [1.29, 1.82) is 0 Å². The summed E-state index contributed by atoms with van der Waals surface area (Å²) in [5, 5.41) is 0.567. The molecule has 106 valence electrons. The highest BCUT2D eigenvalue weighted by Crippen LogP contribution is 2.33. The maximum absolute atomic E-state index is 6.50. The molecule has 20 heavy (non-hydrogen) atoms.